The van der Waals surface area contributed by atoms with Crippen LogP contribution in [0.1, 0.15) is 43.1 Å². The van der Waals surface area contributed by atoms with Gasteiger partial charge in [-0.05, 0) is 18.6 Å². The molecule has 1 aromatic carbocycles. The minimum Gasteiger partial charge on any atom is -0.296 e. The molecule has 0 unspecified atom stereocenters. The second kappa shape index (κ2) is 7.20. The van der Waals surface area contributed by atoms with Crippen LogP contribution in [0.4, 0.5) is 0 Å². The van der Waals surface area contributed by atoms with Gasteiger partial charge in [-0.3, -0.25) is 4.79 Å². The third kappa shape index (κ3) is 3.45. The van der Waals surface area contributed by atoms with Crippen LogP contribution >= 0.6 is 11.6 Å². The summed E-state index contributed by atoms with van der Waals surface area (Å²) < 4.78 is 1.81. The lowest BCUT2D eigenvalue weighted by Gasteiger charge is -2.07. The maximum absolute atomic E-state index is 11.1. The Kier molecular flexibility index (Phi) is 5.30. The van der Waals surface area contributed by atoms with E-state index in [2.05, 4.69) is 17.2 Å². The molecule has 0 aliphatic heterocycles. The van der Waals surface area contributed by atoms with E-state index in [4.69, 9.17) is 11.6 Å². The lowest BCUT2D eigenvalue weighted by molar-refractivity contribution is 0.111. The van der Waals surface area contributed by atoms with Crippen LogP contribution < -0.4 is 0 Å². The molecule has 0 bridgehead atoms. The highest BCUT2D eigenvalue weighted by Crippen LogP contribution is 2.23. The summed E-state index contributed by atoms with van der Waals surface area (Å²) in [4.78, 5) is 11.1. The number of nitrogens with zero attached hydrogens (tertiary/aromatic N) is 3. The normalized spacial score (nSPS) is 10.7. The van der Waals surface area contributed by atoms with Crippen molar-refractivity contribution in [1.82, 2.24) is 15.0 Å². The summed E-state index contributed by atoms with van der Waals surface area (Å²) in [7, 11) is 0. The molecule has 0 amide bonds. The predicted molar refractivity (Wildman–Crippen MR) is 80.0 cm³/mol. The van der Waals surface area contributed by atoms with Crippen LogP contribution in [0.5, 0.6) is 0 Å². The summed E-state index contributed by atoms with van der Waals surface area (Å²) in [6.45, 7) is 2.96. The van der Waals surface area contributed by atoms with Gasteiger partial charge < -0.3 is 0 Å². The molecule has 0 aliphatic carbocycles. The van der Waals surface area contributed by atoms with Gasteiger partial charge in [0.2, 0.25) is 0 Å². The van der Waals surface area contributed by atoms with Gasteiger partial charge >= 0.3 is 0 Å². The van der Waals surface area contributed by atoms with E-state index in [9.17, 15) is 4.79 Å². The van der Waals surface area contributed by atoms with E-state index in [-0.39, 0.29) is 0 Å². The molecule has 4 nitrogen and oxygen atoms in total. The Labute approximate surface area is 123 Å². The Morgan fingerprint density at radius 2 is 1.95 bits per heavy atom. The quantitative estimate of drug-likeness (QED) is 0.572. The van der Waals surface area contributed by atoms with Crippen molar-refractivity contribution in [2.24, 2.45) is 0 Å². The molecule has 0 saturated heterocycles. The van der Waals surface area contributed by atoms with Gasteiger partial charge in [0.15, 0.2) is 12.0 Å². The smallest absolute Gasteiger partial charge is 0.172 e. The molecule has 0 saturated carbocycles. The highest BCUT2D eigenvalue weighted by molar-refractivity contribution is 6.30. The molecule has 1 aromatic heterocycles. The van der Waals surface area contributed by atoms with Crippen molar-refractivity contribution in [2.45, 2.75) is 39.2 Å². The molecule has 5 heteroatoms. The van der Waals surface area contributed by atoms with Crippen molar-refractivity contribution in [3.63, 3.8) is 0 Å². The Hall–Kier alpha value is -1.68. The molecule has 106 valence electrons. The number of aryl methyl sites for hydroxylation is 1. The van der Waals surface area contributed by atoms with E-state index in [0.29, 0.717) is 10.7 Å². The van der Waals surface area contributed by atoms with Crippen molar-refractivity contribution >= 4 is 17.9 Å². The van der Waals surface area contributed by atoms with Crippen LogP contribution in [0, 0.1) is 0 Å². The highest BCUT2D eigenvalue weighted by Gasteiger charge is 2.14. The number of rotatable bonds is 7. The minimum absolute atomic E-state index is 0.378. The van der Waals surface area contributed by atoms with Gasteiger partial charge in [-0.15, -0.1) is 5.10 Å². The first-order valence-electron chi connectivity index (χ1n) is 6.91. The molecule has 0 N–H and O–H groups in total. The van der Waals surface area contributed by atoms with Crippen LogP contribution in [0.15, 0.2) is 24.3 Å². The largest absolute Gasteiger partial charge is 0.296 e. The monoisotopic (exact) mass is 291 g/mol. The molecule has 2 rings (SSSR count). The number of halogens is 1. The molecule has 0 atom stereocenters. The number of carbonyl (C=O) groups excluding carboxylic acids is 1. The molecular weight excluding hydrogens is 274 g/mol. The second-order valence-electron chi connectivity index (χ2n) is 4.73. The van der Waals surface area contributed by atoms with Gasteiger partial charge in [0, 0.05) is 17.1 Å². The lowest BCUT2D eigenvalue weighted by atomic mass is 10.1. The maximum Gasteiger partial charge on any atom is 0.172 e. The summed E-state index contributed by atoms with van der Waals surface area (Å²) >= 11 is 5.90. The third-order valence-electron chi connectivity index (χ3n) is 3.21. The first-order valence-corrected chi connectivity index (χ1v) is 7.28. The number of aromatic nitrogens is 3. The number of unbranched alkanes of at least 4 members (excludes halogenated alkanes) is 3. The fourth-order valence-electron chi connectivity index (χ4n) is 2.16. The first-order chi connectivity index (χ1) is 9.76. The average molecular weight is 292 g/mol. The third-order valence-corrected chi connectivity index (χ3v) is 3.47. The Bertz CT molecular complexity index is 563. The minimum atomic E-state index is 0.378. The number of carbonyl (C=O) groups is 1. The van der Waals surface area contributed by atoms with Crippen molar-refractivity contribution in [3.05, 3.63) is 35.0 Å². The fraction of sp³-hybridized carbons (Fsp3) is 0.400. The molecule has 20 heavy (non-hydrogen) atoms. The van der Waals surface area contributed by atoms with Crippen LogP contribution in [-0.2, 0) is 6.54 Å². The Balaban J connectivity index is 2.23. The molecule has 0 radical (unpaired) electrons. The predicted octanol–water partition coefficient (Wildman–Crippen LogP) is 3.99. The molecule has 2 aromatic rings. The maximum atomic E-state index is 11.1. The average Bonchev–Trinajstić information content (AvgIpc) is 2.87. The zero-order valence-corrected chi connectivity index (χ0v) is 12.3. The van der Waals surface area contributed by atoms with Gasteiger partial charge in [-0.25, -0.2) is 4.68 Å². The summed E-state index contributed by atoms with van der Waals surface area (Å²) in [5.41, 5.74) is 2.06. The van der Waals surface area contributed by atoms with Crippen molar-refractivity contribution < 1.29 is 4.79 Å². The summed E-state index contributed by atoms with van der Waals surface area (Å²) in [6.07, 6.45) is 5.36. The molecule has 0 aliphatic rings. The van der Waals surface area contributed by atoms with E-state index >= 15 is 0 Å². The molecule has 1 heterocycles. The van der Waals surface area contributed by atoms with Crippen LogP contribution in [0.3, 0.4) is 0 Å². The number of benzene rings is 1. The molecular formula is C15H18ClN3O. The van der Waals surface area contributed by atoms with Gasteiger partial charge in [0.25, 0.3) is 0 Å². The van der Waals surface area contributed by atoms with Crippen LogP contribution in [0.2, 0.25) is 5.02 Å². The lowest BCUT2D eigenvalue weighted by Crippen LogP contribution is -2.03. The summed E-state index contributed by atoms with van der Waals surface area (Å²) in [6, 6.07) is 7.38. The zero-order chi connectivity index (χ0) is 14.4. The van der Waals surface area contributed by atoms with E-state index in [1.54, 1.807) is 12.1 Å². The van der Waals surface area contributed by atoms with Gasteiger partial charge in [0.1, 0.15) is 0 Å². The van der Waals surface area contributed by atoms with Crippen LogP contribution in [-0.4, -0.2) is 21.3 Å². The first kappa shape index (κ1) is 14.7. The van der Waals surface area contributed by atoms with E-state index in [0.717, 1.165) is 36.9 Å². The highest BCUT2D eigenvalue weighted by atomic mass is 35.5. The SMILES string of the molecule is CCCCCCn1nnc(C=O)c1-c1ccc(Cl)cc1. The van der Waals surface area contributed by atoms with Crippen LogP contribution in [0.25, 0.3) is 11.3 Å². The standard InChI is InChI=1S/C15H18ClN3O/c1-2-3-4-5-10-19-15(14(11-20)17-18-19)12-6-8-13(16)9-7-12/h6-9,11H,2-5,10H2,1H3. The van der Waals surface area contributed by atoms with Crippen molar-refractivity contribution in [3.8, 4) is 11.3 Å². The van der Waals surface area contributed by atoms with Gasteiger partial charge in [0.05, 0.1) is 5.69 Å². The van der Waals surface area contributed by atoms with Crippen molar-refractivity contribution in [1.29, 1.82) is 0 Å². The van der Waals surface area contributed by atoms with Gasteiger partial charge in [-0.1, -0.05) is 55.1 Å². The van der Waals surface area contributed by atoms with E-state index in [1.807, 2.05) is 16.8 Å². The summed E-state index contributed by atoms with van der Waals surface area (Å²) in [5.74, 6) is 0. The molecule has 0 spiro atoms. The topological polar surface area (TPSA) is 47.8 Å². The Morgan fingerprint density at radius 3 is 2.60 bits per heavy atom. The second-order valence-corrected chi connectivity index (χ2v) is 5.17. The zero-order valence-electron chi connectivity index (χ0n) is 11.6. The van der Waals surface area contributed by atoms with E-state index in [1.165, 1.54) is 12.8 Å². The number of aldehydes is 1. The van der Waals surface area contributed by atoms with Crippen molar-refractivity contribution in [2.75, 3.05) is 0 Å². The fourth-order valence-corrected chi connectivity index (χ4v) is 2.28. The molecule has 0 fully saturated rings. The van der Waals surface area contributed by atoms with Gasteiger partial charge in [-0.2, -0.15) is 0 Å². The Morgan fingerprint density at radius 1 is 1.20 bits per heavy atom. The van der Waals surface area contributed by atoms with E-state index < -0.39 is 0 Å². The number of hydrogen-bond donors (Lipinski definition) is 0. The summed E-state index contributed by atoms with van der Waals surface area (Å²) in [5, 5.41) is 8.70. The number of hydrogen-bond acceptors (Lipinski definition) is 3.